The van der Waals surface area contributed by atoms with Crippen molar-refractivity contribution in [1.82, 2.24) is 9.78 Å². The summed E-state index contributed by atoms with van der Waals surface area (Å²) in [7, 11) is 2.67. The molecule has 4 nitrogen and oxygen atoms in total. The van der Waals surface area contributed by atoms with Gasteiger partial charge in [-0.05, 0) is 11.6 Å². The second-order valence-electron chi connectivity index (χ2n) is 4.10. The van der Waals surface area contributed by atoms with Crippen LogP contribution < -0.4 is 0 Å². The Morgan fingerprint density at radius 2 is 1.90 bits per heavy atom. The first kappa shape index (κ1) is 14.1. The van der Waals surface area contributed by atoms with E-state index in [1.54, 1.807) is 0 Å². The number of esters is 1. The van der Waals surface area contributed by atoms with Gasteiger partial charge in [0.15, 0.2) is 5.69 Å². The Morgan fingerprint density at radius 3 is 2.50 bits per heavy atom. The van der Waals surface area contributed by atoms with Crippen LogP contribution in [-0.4, -0.2) is 22.9 Å². The molecule has 0 bridgehead atoms. The van der Waals surface area contributed by atoms with Crippen molar-refractivity contribution < 1.29 is 22.7 Å². The third-order valence-corrected chi connectivity index (χ3v) is 2.73. The van der Waals surface area contributed by atoms with E-state index in [2.05, 4.69) is 9.84 Å². The number of methoxy groups -OCH3 is 1. The summed E-state index contributed by atoms with van der Waals surface area (Å²) in [6.45, 7) is 0. The average Bonchev–Trinajstić information content (AvgIpc) is 2.79. The molecule has 106 valence electrons. The number of benzene rings is 1. The minimum absolute atomic E-state index is 0.0901. The molecule has 0 saturated heterocycles. The number of carbonyl (C=O) groups excluding carboxylic acids is 1. The Kier molecular flexibility index (Phi) is 3.52. The summed E-state index contributed by atoms with van der Waals surface area (Å²) < 4.78 is 44.9. The van der Waals surface area contributed by atoms with Crippen molar-refractivity contribution in [3.05, 3.63) is 41.7 Å². The maximum absolute atomic E-state index is 13.0. The number of carbonyl (C=O) groups is 1. The van der Waals surface area contributed by atoms with E-state index < -0.39 is 17.7 Å². The van der Waals surface area contributed by atoms with Crippen LogP contribution in [0, 0.1) is 0 Å². The van der Waals surface area contributed by atoms with Crippen LogP contribution in [0.5, 0.6) is 0 Å². The molecule has 20 heavy (non-hydrogen) atoms. The molecule has 1 heterocycles. The molecule has 1 aromatic carbocycles. The second kappa shape index (κ2) is 4.99. The van der Waals surface area contributed by atoms with Crippen LogP contribution in [0.2, 0.25) is 0 Å². The van der Waals surface area contributed by atoms with Crippen LogP contribution in [0.1, 0.15) is 16.1 Å². The Bertz CT molecular complexity index is 647. The molecule has 0 aliphatic heterocycles. The highest BCUT2D eigenvalue weighted by Crippen LogP contribution is 2.37. The zero-order chi connectivity index (χ0) is 14.9. The quantitative estimate of drug-likeness (QED) is 0.796. The molecule has 0 amide bonds. The molecule has 2 rings (SSSR count). The number of nitrogens with zero attached hydrogens (tertiary/aromatic N) is 2. The third kappa shape index (κ3) is 2.52. The summed E-state index contributed by atoms with van der Waals surface area (Å²) >= 11 is 0. The Hall–Kier alpha value is -2.31. The fraction of sp³-hybridized carbons (Fsp3) is 0.231. The van der Waals surface area contributed by atoms with Gasteiger partial charge in [-0.15, -0.1) is 0 Å². The second-order valence-corrected chi connectivity index (χ2v) is 4.10. The highest BCUT2D eigenvalue weighted by atomic mass is 19.4. The lowest BCUT2D eigenvalue weighted by Gasteiger charge is -2.12. The lowest BCUT2D eigenvalue weighted by molar-refractivity contribution is -0.137. The first-order valence-electron chi connectivity index (χ1n) is 5.63. The van der Waals surface area contributed by atoms with E-state index in [0.717, 1.165) is 13.2 Å². The summed E-state index contributed by atoms with van der Waals surface area (Å²) in [4.78, 5) is 11.6. The summed E-state index contributed by atoms with van der Waals surface area (Å²) in [5.41, 5.74) is -0.981. The van der Waals surface area contributed by atoms with Gasteiger partial charge in [-0.2, -0.15) is 18.3 Å². The van der Waals surface area contributed by atoms with E-state index in [4.69, 9.17) is 0 Å². The predicted molar refractivity (Wildman–Crippen MR) is 65.0 cm³/mol. The van der Waals surface area contributed by atoms with Gasteiger partial charge in [-0.25, -0.2) is 4.79 Å². The van der Waals surface area contributed by atoms with E-state index in [0.29, 0.717) is 0 Å². The van der Waals surface area contributed by atoms with Crippen LogP contribution in [0.15, 0.2) is 30.5 Å². The van der Waals surface area contributed by atoms with E-state index in [1.807, 2.05) is 0 Å². The van der Waals surface area contributed by atoms with Gasteiger partial charge < -0.3 is 4.74 Å². The van der Waals surface area contributed by atoms with Gasteiger partial charge in [-0.1, -0.05) is 18.2 Å². The van der Waals surface area contributed by atoms with E-state index in [-0.39, 0.29) is 16.8 Å². The van der Waals surface area contributed by atoms with Gasteiger partial charge in [0.1, 0.15) is 0 Å². The van der Waals surface area contributed by atoms with Gasteiger partial charge in [-0.3, -0.25) is 4.68 Å². The molecule has 0 spiro atoms. The SMILES string of the molecule is COC(=O)c1nn(C)cc1-c1ccccc1C(F)(F)F. The number of halogens is 3. The molecule has 0 atom stereocenters. The van der Waals surface area contributed by atoms with Crippen molar-refractivity contribution >= 4 is 5.97 Å². The van der Waals surface area contributed by atoms with Gasteiger partial charge in [0.2, 0.25) is 0 Å². The molecule has 2 aromatic rings. The molecule has 0 aliphatic carbocycles. The normalized spacial score (nSPS) is 11.4. The van der Waals surface area contributed by atoms with Gasteiger partial charge in [0, 0.05) is 18.8 Å². The first-order chi connectivity index (χ1) is 9.34. The maximum atomic E-state index is 13.0. The maximum Gasteiger partial charge on any atom is 0.417 e. The molecule has 0 radical (unpaired) electrons. The van der Waals surface area contributed by atoms with Crippen LogP contribution in [0.4, 0.5) is 13.2 Å². The first-order valence-corrected chi connectivity index (χ1v) is 5.63. The number of rotatable bonds is 2. The zero-order valence-electron chi connectivity index (χ0n) is 10.7. The summed E-state index contributed by atoms with van der Waals surface area (Å²) in [6.07, 6.45) is -3.16. The standard InChI is InChI=1S/C13H11F3N2O2/c1-18-7-9(11(17-18)12(19)20-2)8-5-3-4-6-10(8)13(14,15)16/h3-7H,1-2H3. The van der Waals surface area contributed by atoms with E-state index >= 15 is 0 Å². The van der Waals surface area contributed by atoms with Crippen molar-refractivity contribution in [2.24, 2.45) is 7.05 Å². The summed E-state index contributed by atoms with van der Waals surface area (Å²) in [6, 6.07) is 5.02. The molecule has 0 aliphatic rings. The number of aromatic nitrogens is 2. The van der Waals surface area contributed by atoms with Crippen molar-refractivity contribution in [1.29, 1.82) is 0 Å². The number of aryl methyl sites for hydroxylation is 1. The third-order valence-electron chi connectivity index (χ3n) is 2.73. The molecule has 7 heteroatoms. The molecular weight excluding hydrogens is 273 g/mol. The highest BCUT2D eigenvalue weighted by Gasteiger charge is 2.34. The van der Waals surface area contributed by atoms with E-state index in [1.165, 1.54) is 36.1 Å². The van der Waals surface area contributed by atoms with Crippen LogP contribution >= 0.6 is 0 Å². The fourth-order valence-electron chi connectivity index (χ4n) is 1.90. The van der Waals surface area contributed by atoms with Crippen molar-refractivity contribution in [2.75, 3.05) is 7.11 Å². The minimum atomic E-state index is -4.51. The number of alkyl halides is 3. The molecule has 0 unspecified atom stereocenters. The predicted octanol–water partition coefficient (Wildman–Crippen LogP) is 2.89. The molecule has 1 aromatic heterocycles. The average molecular weight is 284 g/mol. The zero-order valence-corrected chi connectivity index (χ0v) is 10.7. The van der Waals surface area contributed by atoms with Crippen molar-refractivity contribution in [3.8, 4) is 11.1 Å². The Morgan fingerprint density at radius 1 is 1.25 bits per heavy atom. The molecule has 0 saturated carbocycles. The number of hydrogen-bond acceptors (Lipinski definition) is 3. The minimum Gasteiger partial charge on any atom is -0.464 e. The van der Waals surface area contributed by atoms with Gasteiger partial charge in [0.25, 0.3) is 0 Å². The van der Waals surface area contributed by atoms with E-state index in [9.17, 15) is 18.0 Å². The monoisotopic (exact) mass is 284 g/mol. The van der Waals surface area contributed by atoms with Crippen LogP contribution in [-0.2, 0) is 18.0 Å². The Balaban J connectivity index is 2.67. The molecule has 0 fully saturated rings. The smallest absolute Gasteiger partial charge is 0.417 e. The fourth-order valence-corrected chi connectivity index (χ4v) is 1.90. The topological polar surface area (TPSA) is 44.1 Å². The summed E-state index contributed by atoms with van der Waals surface area (Å²) in [5, 5.41) is 3.86. The van der Waals surface area contributed by atoms with Crippen LogP contribution in [0.25, 0.3) is 11.1 Å². The lowest BCUT2D eigenvalue weighted by Crippen LogP contribution is -2.09. The Labute approximate surface area is 112 Å². The number of ether oxygens (including phenoxy) is 1. The van der Waals surface area contributed by atoms with Crippen molar-refractivity contribution in [2.45, 2.75) is 6.18 Å². The number of hydrogen-bond donors (Lipinski definition) is 0. The van der Waals surface area contributed by atoms with Gasteiger partial charge in [0.05, 0.1) is 12.7 Å². The molecule has 0 N–H and O–H groups in total. The largest absolute Gasteiger partial charge is 0.464 e. The van der Waals surface area contributed by atoms with Crippen LogP contribution in [0.3, 0.4) is 0 Å². The van der Waals surface area contributed by atoms with Crippen molar-refractivity contribution in [3.63, 3.8) is 0 Å². The lowest BCUT2D eigenvalue weighted by atomic mass is 10.00. The molecular formula is C13H11F3N2O2. The highest BCUT2D eigenvalue weighted by molar-refractivity contribution is 5.95. The van der Waals surface area contributed by atoms with Gasteiger partial charge >= 0.3 is 12.1 Å². The summed E-state index contributed by atoms with van der Waals surface area (Å²) in [5.74, 6) is -0.780.